The van der Waals surface area contributed by atoms with Crippen molar-refractivity contribution in [3.05, 3.63) is 41.5 Å². The first kappa shape index (κ1) is 18.1. The van der Waals surface area contributed by atoms with Gasteiger partial charge in [0.1, 0.15) is 0 Å². The molecule has 24 heavy (non-hydrogen) atoms. The molecule has 2 rings (SSSR count). The second-order valence-corrected chi connectivity index (χ2v) is 7.91. The van der Waals surface area contributed by atoms with Gasteiger partial charge in [0, 0.05) is 25.1 Å². The van der Waals surface area contributed by atoms with Gasteiger partial charge in [-0.3, -0.25) is 4.79 Å². The van der Waals surface area contributed by atoms with Crippen molar-refractivity contribution in [2.75, 3.05) is 12.8 Å². The number of sulfone groups is 1. The summed E-state index contributed by atoms with van der Waals surface area (Å²) in [5.74, 6) is 1.18. The Kier molecular flexibility index (Phi) is 5.71. The van der Waals surface area contributed by atoms with Gasteiger partial charge in [0.15, 0.2) is 15.7 Å². The van der Waals surface area contributed by atoms with E-state index in [2.05, 4.69) is 15.5 Å². The quantitative estimate of drug-likeness (QED) is 0.811. The maximum absolute atomic E-state index is 11.9. The number of nitrogens with one attached hydrogen (secondary N) is 1. The molecule has 0 bridgehead atoms. The van der Waals surface area contributed by atoms with Crippen LogP contribution in [0.25, 0.3) is 0 Å². The number of rotatable bonds is 7. The average Bonchev–Trinajstić information content (AvgIpc) is 2.96. The maximum Gasteiger partial charge on any atom is 0.229 e. The summed E-state index contributed by atoms with van der Waals surface area (Å²) in [5, 5.41) is 6.64. The van der Waals surface area contributed by atoms with Gasteiger partial charge in [-0.1, -0.05) is 31.1 Å². The molecule has 0 radical (unpaired) electrons. The Labute approximate surface area is 141 Å². The highest BCUT2D eigenvalue weighted by Crippen LogP contribution is 2.11. The minimum atomic E-state index is -3.22. The fourth-order valence-electron chi connectivity index (χ4n) is 2.02. The lowest BCUT2D eigenvalue weighted by Gasteiger charge is -2.05. The standard InChI is InChI=1S/C16H21N3O4S/c1-11(2)16-18-14(19-23-16)8-9-17-15(20)10-12-4-6-13(7-5-12)24(3,21)22/h4-7,11H,8-10H2,1-3H3,(H,17,20). The Balaban J connectivity index is 1.80. The van der Waals surface area contributed by atoms with Crippen LogP contribution in [0.5, 0.6) is 0 Å². The molecule has 1 amide bonds. The van der Waals surface area contributed by atoms with Crippen LogP contribution < -0.4 is 5.32 Å². The van der Waals surface area contributed by atoms with Crippen molar-refractivity contribution in [2.45, 2.75) is 37.5 Å². The second kappa shape index (κ2) is 7.57. The molecule has 0 saturated heterocycles. The average molecular weight is 351 g/mol. The number of nitrogens with zero attached hydrogens (tertiary/aromatic N) is 2. The van der Waals surface area contributed by atoms with Gasteiger partial charge >= 0.3 is 0 Å². The lowest BCUT2D eigenvalue weighted by atomic mass is 10.1. The zero-order valence-corrected chi connectivity index (χ0v) is 14.8. The SMILES string of the molecule is CC(C)c1nc(CCNC(=O)Cc2ccc(S(C)(=O)=O)cc2)no1. The lowest BCUT2D eigenvalue weighted by Crippen LogP contribution is -2.27. The largest absolute Gasteiger partial charge is 0.355 e. The molecule has 0 aliphatic heterocycles. The van der Waals surface area contributed by atoms with E-state index in [1.165, 1.54) is 12.1 Å². The molecule has 2 aromatic rings. The summed E-state index contributed by atoms with van der Waals surface area (Å²) in [7, 11) is -3.22. The van der Waals surface area contributed by atoms with E-state index in [0.29, 0.717) is 24.7 Å². The first-order chi connectivity index (χ1) is 11.3. The predicted octanol–water partition coefficient (Wildman–Crippen LogP) is 1.50. The van der Waals surface area contributed by atoms with Gasteiger partial charge in [-0.15, -0.1) is 0 Å². The van der Waals surface area contributed by atoms with Gasteiger partial charge < -0.3 is 9.84 Å². The molecule has 0 unspecified atom stereocenters. The summed E-state index contributed by atoms with van der Waals surface area (Å²) in [6.45, 7) is 4.35. The fraction of sp³-hybridized carbons (Fsp3) is 0.438. The van der Waals surface area contributed by atoms with Crippen molar-refractivity contribution in [1.29, 1.82) is 0 Å². The van der Waals surface area contributed by atoms with Crippen LogP contribution in [0, 0.1) is 0 Å². The van der Waals surface area contributed by atoms with Crippen LogP contribution >= 0.6 is 0 Å². The summed E-state index contributed by atoms with van der Waals surface area (Å²) in [6.07, 6.45) is 1.83. The van der Waals surface area contributed by atoms with Crippen molar-refractivity contribution in [1.82, 2.24) is 15.5 Å². The Bertz CT molecular complexity index is 795. The molecule has 0 spiro atoms. The highest BCUT2D eigenvalue weighted by molar-refractivity contribution is 7.90. The van der Waals surface area contributed by atoms with Crippen molar-refractivity contribution < 1.29 is 17.7 Å². The van der Waals surface area contributed by atoms with Crippen LogP contribution in [0.1, 0.15) is 37.0 Å². The van der Waals surface area contributed by atoms with E-state index in [0.717, 1.165) is 11.8 Å². The van der Waals surface area contributed by atoms with E-state index < -0.39 is 9.84 Å². The smallest absolute Gasteiger partial charge is 0.229 e. The zero-order valence-electron chi connectivity index (χ0n) is 13.9. The van der Waals surface area contributed by atoms with Crippen LogP contribution in [-0.2, 0) is 27.5 Å². The van der Waals surface area contributed by atoms with Crippen LogP contribution in [0.3, 0.4) is 0 Å². The summed E-state index contributed by atoms with van der Waals surface area (Å²) in [5.41, 5.74) is 0.751. The van der Waals surface area contributed by atoms with E-state index in [1.807, 2.05) is 13.8 Å². The maximum atomic E-state index is 11.9. The highest BCUT2D eigenvalue weighted by atomic mass is 32.2. The van der Waals surface area contributed by atoms with Crippen molar-refractivity contribution in [2.24, 2.45) is 0 Å². The van der Waals surface area contributed by atoms with Gasteiger partial charge in [0.05, 0.1) is 11.3 Å². The first-order valence-corrected chi connectivity index (χ1v) is 9.53. The summed E-state index contributed by atoms with van der Waals surface area (Å²) < 4.78 is 27.9. The van der Waals surface area contributed by atoms with Gasteiger partial charge in [-0.2, -0.15) is 4.98 Å². The number of amides is 1. The Morgan fingerprint density at radius 3 is 2.46 bits per heavy atom. The lowest BCUT2D eigenvalue weighted by molar-refractivity contribution is -0.120. The zero-order chi connectivity index (χ0) is 17.7. The first-order valence-electron chi connectivity index (χ1n) is 7.64. The number of aromatic nitrogens is 2. The van der Waals surface area contributed by atoms with Gasteiger partial charge in [-0.05, 0) is 17.7 Å². The molecular formula is C16H21N3O4S. The number of hydrogen-bond donors (Lipinski definition) is 1. The van der Waals surface area contributed by atoms with Crippen molar-refractivity contribution >= 4 is 15.7 Å². The van der Waals surface area contributed by atoms with Crippen LogP contribution in [0.4, 0.5) is 0 Å². The summed E-state index contributed by atoms with van der Waals surface area (Å²) in [6, 6.07) is 6.30. The summed E-state index contributed by atoms with van der Waals surface area (Å²) >= 11 is 0. The second-order valence-electron chi connectivity index (χ2n) is 5.90. The number of benzene rings is 1. The summed E-state index contributed by atoms with van der Waals surface area (Å²) in [4.78, 5) is 16.4. The van der Waals surface area contributed by atoms with Gasteiger partial charge in [0.25, 0.3) is 0 Å². The van der Waals surface area contributed by atoms with E-state index in [9.17, 15) is 13.2 Å². The van der Waals surface area contributed by atoms with Gasteiger partial charge in [0.2, 0.25) is 11.8 Å². The number of hydrogen-bond acceptors (Lipinski definition) is 6. The van der Waals surface area contributed by atoms with E-state index in [-0.39, 0.29) is 23.1 Å². The van der Waals surface area contributed by atoms with E-state index in [4.69, 9.17) is 4.52 Å². The van der Waals surface area contributed by atoms with E-state index in [1.54, 1.807) is 12.1 Å². The van der Waals surface area contributed by atoms with Gasteiger partial charge in [-0.25, -0.2) is 8.42 Å². The molecule has 7 nitrogen and oxygen atoms in total. The molecule has 1 N–H and O–H groups in total. The topological polar surface area (TPSA) is 102 Å². The molecule has 1 heterocycles. The molecule has 0 aliphatic carbocycles. The number of carbonyl (C=O) groups excluding carboxylic acids is 1. The van der Waals surface area contributed by atoms with E-state index >= 15 is 0 Å². The molecule has 0 saturated carbocycles. The highest BCUT2D eigenvalue weighted by Gasteiger charge is 2.11. The van der Waals surface area contributed by atoms with Crippen LogP contribution in [-0.4, -0.2) is 37.3 Å². The molecule has 130 valence electrons. The van der Waals surface area contributed by atoms with Crippen molar-refractivity contribution in [3.8, 4) is 0 Å². The molecule has 0 atom stereocenters. The fourth-order valence-corrected chi connectivity index (χ4v) is 2.65. The Hall–Kier alpha value is -2.22. The minimum Gasteiger partial charge on any atom is -0.355 e. The monoisotopic (exact) mass is 351 g/mol. The predicted molar refractivity (Wildman–Crippen MR) is 88.4 cm³/mol. The molecular weight excluding hydrogens is 330 g/mol. The molecule has 0 fully saturated rings. The normalized spacial score (nSPS) is 11.7. The number of carbonyl (C=O) groups is 1. The Morgan fingerprint density at radius 2 is 1.92 bits per heavy atom. The molecule has 1 aromatic carbocycles. The molecule has 1 aromatic heterocycles. The molecule has 0 aliphatic rings. The van der Waals surface area contributed by atoms with Crippen LogP contribution in [0.2, 0.25) is 0 Å². The third-order valence-corrected chi connectivity index (χ3v) is 4.49. The third-order valence-electron chi connectivity index (χ3n) is 3.36. The van der Waals surface area contributed by atoms with Crippen LogP contribution in [0.15, 0.2) is 33.7 Å². The Morgan fingerprint density at radius 1 is 1.25 bits per heavy atom. The third kappa shape index (κ3) is 5.16. The molecule has 8 heteroatoms. The minimum absolute atomic E-state index is 0.144. The van der Waals surface area contributed by atoms with Crippen molar-refractivity contribution in [3.63, 3.8) is 0 Å².